The lowest BCUT2D eigenvalue weighted by Crippen LogP contribution is -2.88. The van der Waals surface area contributed by atoms with E-state index in [-0.39, 0.29) is 10.6 Å². The van der Waals surface area contributed by atoms with Crippen molar-refractivity contribution in [2.45, 2.75) is 74.8 Å². The molecule has 250 valence electrons. The minimum absolute atomic E-state index is 0.0449. The lowest BCUT2D eigenvalue weighted by Gasteiger charge is -2.85. The molecule has 0 unspecified atom stereocenters. The first-order valence-corrected chi connectivity index (χ1v) is 22.0. The summed E-state index contributed by atoms with van der Waals surface area (Å²) in [5.74, 6) is 6.78. The molecular formula is C48H48OSi. The van der Waals surface area contributed by atoms with E-state index in [2.05, 4.69) is 121 Å². The molecule has 9 fully saturated rings. The summed E-state index contributed by atoms with van der Waals surface area (Å²) < 4.78 is 8.79. The van der Waals surface area contributed by atoms with Gasteiger partial charge in [0, 0.05) is 5.04 Å². The lowest BCUT2D eigenvalue weighted by molar-refractivity contribution is -0.273. The van der Waals surface area contributed by atoms with Crippen molar-refractivity contribution in [1.82, 2.24) is 0 Å². The van der Waals surface area contributed by atoms with Gasteiger partial charge in [0.2, 0.25) is 0 Å². The molecule has 3 spiro atoms. The van der Waals surface area contributed by atoms with E-state index in [1.165, 1.54) is 97.6 Å². The fourth-order valence-corrected chi connectivity index (χ4v) is 22.8. The Balaban J connectivity index is 1.25. The molecule has 10 aliphatic rings. The van der Waals surface area contributed by atoms with Crippen LogP contribution in [0.3, 0.4) is 0 Å². The average Bonchev–Trinajstić information content (AvgIpc) is 3.47. The molecule has 50 heavy (non-hydrogen) atoms. The number of hydrogen-bond donors (Lipinski definition) is 0. The molecule has 2 aliphatic heterocycles. The monoisotopic (exact) mass is 668 g/mol. The van der Waals surface area contributed by atoms with E-state index in [1.54, 1.807) is 10.4 Å². The second-order valence-corrected chi connectivity index (χ2v) is 21.4. The van der Waals surface area contributed by atoms with Crippen molar-refractivity contribution in [2.75, 3.05) is 0 Å². The summed E-state index contributed by atoms with van der Waals surface area (Å²) in [5.41, 5.74) is 8.55. The molecule has 2 heterocycles. The Bertz CT molecular complexity index is 1890. The van der Waals surface area contributed by atoms with Crippen LogP contribution in [0.15, 0.2) is 121 Å². The standard InChI is InChI=1S/C48H48OSi/c1-5-13-35(14-6-1)43-44(36-15-7-2-8-16-36)46(38-19-11-4-12-20-38)50(45(43)37-17-9-3-10-18-37)48(41-27-33-22-34(29-41)30-42(48)28-33)47(49-50)39-23-31-21-32(25-39)26-40(47)24-31/h1-20,31-34,39-42H,21-30H2. The predicted octanol–water partition coefficient (Wildman–Crippen LogP) is 11.7. The Morgan fingerprint density at radius 1 is 0.380 bits per heavy atom. The van der Waals surface area contributed by atoms with Gasteiger partial charge in [0.25, 0.3) is 8.32 Å². The van der Waals surface area contributed by atoms with Crippen LogP contribution >= 0.6 is 0 Å². The molecule has 0 amide bonds. The summed E-state index contributed by atoms with van der Waals surface area (Å²) in [4.78, 5) is 0. The van der Waals surface area contributed by atoms with Gasteiger partial charge >= 0.3 is 0 Å². The van der Waals surface area contributed by atoms with Crippen molar-refractivity contribution in [2.24, 2.45) is 47.3 Å². The average molecular weight is 669 g/mol. The Labute approximate surface area is 299 Å². The third-order valence-corrected chi connectivity index (χ3v) is 21.5. The number of benzene rings is 4. The van der Waals surface area contributed by atoms with E-state index in [9.17, 15) is 0 Å². The van der Waals surface area contributed by atoms with Crippen LogP contribution in [0.2, 0.25) is 5.04 Å². The maximum atomic E-state index is 8.79. The van der Waals surface area contributed by atoms with Crippen molar-refractivity contribution >= 4 is 29.9 Å². The van der Waals surface area contributed by atoms with Crippen LogP contribution in [-0.4, -0.2) is 13.9 Å². The third kappa shape index (κ3) is 3.45. The zero-order valence-electron chi connectivity index (χ0n) is 29.1. The van der Waals surface area contributed by atoms with Crippen molar-refractivity contribution in [1.29, 1.82) is 0 Å². The van der Waals surface area contributed by atoms with Gasteiger partial charge in [0.05, 0.1) is 5.60 Å². The molecule has 4 aromatic rings. The van der Waals surface area contributed by atoms with Crippen LogP contribution in [0.25, 0.3) is 21.5 Å². The summed E-state index contributed by atoms with van der Waals surface area (Å²) in [5, 5.41) is 3.48. The van der Waals surface area contributed by atoms with Crippen molar-refractivity contribution in [3.8, 4) is 0 Å². The predicted molar refractivity (Wildman–Crippen MR) is 206 cm³/mol. The van der Waals surface area contributed by atoms with Crippen LogP contribution in [0.5, 0.6) is 0 Å². The number of allylic oxidation sites excluding steroid dienone is 2. The van der Waals surface area contributed by atoms with Crippen molar-refractivity contribution in [3.63, 3.8) is 0 Å². The Morgan fingerprint density at radius 3 is 1.06 bits per heavy atom. The minimum atomic E-state index is -2.94. The first-order chi connectivity index (χ1) is 24.7. The van der Waals surface area contributed by atoms with Crippen molar-refractivity contribution < 1.29 is 4.43 Å². The maximum Gasteiger partial charge on any atom is 0.268 e. The first kappa shape index (κ1) is 29.1. The van der Waals surface area contributed by atoms with Gasteiger partial charge in [-0.25, -0.2) is 0 Å². The molecule has 1 nitrogen and oxygen atoms in total. The molecular weight excluding hydrogens is 621 g/mol. The van der Waals surface area contributed by atoms with Gasteiger partial charge in [0.15, 0.2) is 0 Å². The van der Waals surface area contributed by atoms with Crippen LogP contribution < -0.4 is 0 Å². The highest BCUT2D eigenvalue weighted by Crippen LogP contribution is 2.89. The third-order valence-electron chi connectivity index (χ3n) is 16.0. The highest BCUT2D eigenvalue weighted by molar-refractivity contribution is 7.14. The largest absolute Gasteiger partial charge is 0.401 e. The lowest BCUT2D eigenvalue weighted by atomic mass is 9.39. The zero-order chi connectivity index (χ0) is 32.7. The smallest absolute Gasteiger partial charge is 0.268 e. The van der Waals surface area contributed by atoms with Gasteiger partial charge in [-0.05, 0) is 155 Å². The first-order valence-electron chi connectivity index (χ1n) is 20.1. The Kier molecular flexibility index (Phi) is 6.02. The molecule has 1 saturated heterocycles. The Morgan fingerprint density at radius 2 is 0.700 bits per heavy atom. The van der Waals surface area contributed by atoms with Crippen molar-refractivity contribution in [3.05, 3.63) is 144 Å². The van der Waals surface area contributed by atoms with Gasteiger partial charge in [-0.15, -0.1) is 0 Å². The second kappa shape index (κ2) is 10.3. The van der Waals surface area contributed by atoms with Gasteiger partial charge in [-0.2, -0.15) is 0 Å². The summed E-state index contributed by atoms with van der Waals surface area (Å²) in [6.45, 7) is 0. The maximum absolute atomic E-state index is 8.79. The van der Waals surface area contributed by atoms with E-state index < -0.39 is 8.32 Å². The zero-order valence-corrected chi connectivity index (χ0v) is 30.1. The summed E-state index contributed by atoms with van der Waals surface area (Å²) in [6, 6.07) is 46.5. The van der Waals surface area contributed by atoms with Gasteiger partial charge < -0.3 is 4.43 Å². The van der Waals surface area contributed by atoms with Gasteiger partial charge in [-0.3, -0.25) is 0 Å². The molecule has 8 bridgehead atoms. The van der Waals surface area contributed by atoms with E-state index in [0.717, 1.165) is 47.3 Å². The number of rotatable bonds is 4. The van der Waals surface area contributed by atoms with Crippen LogP contribution in [0.1, 0.15) is 86.5 Å². The summed E-state index contributed by atoms with van der Waals surface area (Å²) in [6.07, 6.45) is 14.5. The highest BCUT2D eigenvalue weighted by Gasteiger charge is 2.90. The quantitative estimate of drug-likeness (QED) is 0.197. The van der Waals surface area contributed by atoms with Gasteiger partial charge in [0.1, 0.15) is 0 Å². The SMILES string of the molecule is c1ccc(C2=C(c3ccccc3)[Si]3(OC4(C5CC6CC(C5)CC4C6)C34C3CC5CC(C3)CC4C5)C(c3ccccc3)=C2c2ccccc2)cc1. The summed E-state index contributed by atoms with van der Waals surface area (Å²) >= 11 is 0. The van der Waals surface area contributed by atoms with E-state index >= 15 is 0 Å². The molecule has 8 saturated carbocycles. The molecule has 0 aromatic heterocycles. The fourth-order valence-electron chi connectivity index (χ4n) is 15.5. The molecule has 2 heteroatoms. The molecule has 0 radical (unpaired) electrons. The van der Waals surface area contributed by atoms with Gasteiger partial charge in [-0.1, -0.05) is 121 Å². The van der Waals surface area contributed by atoms with E-state index in [4.69, 9.17) is 4.43 Å². The Hall–Kier alpha value is -3.46. The number of hydrogen-bond acceptors (Lipinski definition) is 1. The van der Waals surface area contributed by atoms with Crippen LogP contribution in [0, 0.1) is 47.3 Å². The van der Waals surface area contributed by atoms with Crippen LogP contribution in [0.4, 0.5) is 0 Å². The molecule has 8 aliphatic carbocycles. The molecule has 0 N–H and O–H groups in total. The molecule has 14 rings (SSSR count). The topological polar surface area (TPSA) is 9.23 Å². The minimum Gasteiger partial charge on any atom is -0.401 e. The normalized spacial score (nSPS) is 39.7. The summed E-state index contributed by atoms with van der Waals surface area (Å²) in [7, 11) is -2.94. The molecule has 0 atom stereocenters. The fraction of sp³-hybridized carbons (Fsp3) is 0.417. The van der Waals surface area contributed by atoms with E-state index in [1.807, 2.05) is 0 Å². The van der Waals surface area contributed by atoms with E-state index in [0.29, 0.717) is 0 Å². The highest BCUT2D eigenvalue weighted by atomic mass is 28.4. The molecule has 4 aromatic carbocycles. The second-order valence-electron chi connectivity index (χ2n) is 18.0. The van der Waals surface area contributed by atoms with Crippen LogP contribution in [-0.2, 0) is 4.43 Å².